The lowest BCUT2D eigenvalue weighted by Crippen LogP contribution is -2.42. The summed E-state index contributed by atoms with van der Waals surface area (Å²) in [5, 5.41) is 2.23. The van der Waals surface area contributed by atoms with Gasteiger partial charge in [-0.25, -0.2) is 0 Å². The Kier molecular flexibility index (Phi) is 6.50. The molecule has 0 saturated carbocycles. The molecule has 4 amide bonds. The van der Waals surface area contributed by atoms with E-state index in [0.717, 1.165) is 22.2 Å². The quantitative estimate of drug-likeness (QED) is 0.699. The lowest BCUT2D eigenvalue weighted by Gasteiger charge is -2.16. The molecule has 0 radical (unpaired) electrons. The average Bonchev–Trinajstić information content (AvgIpc) is 3.32. The lowest BCUT2D eigenvalue weighted by atomic mass is 10.2. The number of thioether (sulfide) groups is 1. The van der Waals surface area contributed by atoms with Crippen molar-refractivity contribution in [2.45, 2.75) is 0 Å². The van der Waals surface area contributed by atoms with Crippen molar-refractivity contribution in [3.05, 3.63) is 65.0 Å². The highest BCUT2D eigenvalue weighted by molar-refractivity contribution is 8.18. The Morgan fingerprint density at radius 3 is 2.62 bits per heavy atom. The molecular formula is C20H19N3O5S. The molecule has 2 heterocycles. The number of nitrogens with one attached hydrogen (secondary N) is 1. The first-order chi connectivity index (χ1) is 14.0. The van der Waals surface area contributed by atoms with Crippen LogP contribution in [0.5, 0.6) is 0 Å². The van der Waals surface area contributed by atoms with Crippen LogP contribution in [0.15, 0.2) is 58.1 Å². The highest BCUT2D eigenvalue weighted by Crippen LogP contribution is 2.31. The van der Waals surface area contributed by atoms with E-state index in [4.69, 9.17) is 4.42 Å². The number of carbonyl (C=O) groups is 4. The van der Waals surface area contributed by atoms with Gasteiger partial charge < -0.3 is 14.6 Å². The van der Waals surface area contributed by atoms with Gasteiger partial charge in [0.05, 0.1) is 17.7 Å². The van der Waals surface area contributed by atoms with Gasteiger partial charge in [0.1, 0.15) is 0 Å². The Balaban J connectivity index is 1.48. The maximum Gasteiger partial charge on any atom is 0.293 e. The van der Waals surface area contributed by atoms with Gasteiger partial charge in [-0.1, -0.05) is 30.3 Å². The zero-order valence-electron chi connectivity index (χ0n) is 15.7. The van der Waals surface area contributed by atoms with E-state index < -0.39 is 11.8 Å². The smallest absolute Gasteiger partial charge is 0.293 e. The van der Waals surface area contributed by atoms with Crippen molar-refractivity contribution in [3.8, 4) is 0 Å². The average molecular weight is 413 g/mol. The van der Waals surface area contributed by atoms with Gasteiger partial charge in [-0.05, 0) is 35.5 Å². The van der Waals surface area contributed by atoms with E-state index >= 15 is 0 Å². The molecule has 0 atom stereocenters. The molecule has 29 heavy (non-hydrogen) atoms. The Hall–Kier alpha value is -3.33. The number of likely N-dealkylation sites (N-methyl/N-ethyl adjacent to an activating group) is 1. The molecular weight excluding hydrogens is 394 g/mol. The normalized spacial score (nSPS) is 15.1. The van der Waals surface area contributed by atoms with Gasteiger partial charge in [0, 0.05) is 20.1 Å². The number of hydrogen-bond acceptors (Lipinski definition) is 6. The molecule has 8 nitrogen and oxygen atoms in total. The van der Waals surface area contributed by atoms with E-state index in [9.17, 15) is 19.2 Å². The first-order valence-corrected chi connectivity index (χ1v) is 9.63. The fraction of sp³-hybridized carbons (Fsp3) is 0.200. The summed E-state index contributed by atoms with van der Waals surface area (Å²) in [4.78, 5) is 51.3. The minimum absolute atomic E-state index is 0.0539. The van der Waals surface area contributed by atoms with E-state index in [0.29, 0.717) is 4.91 Å². The molecule has 1 saturated heterocycles. The zero-order valence-corrected chi connectivity index (χ0v) is 16.5. The van der Waals surface area contributed by atoms with E-state index in [1.165, 1.54) is 24.3 Å². The second-order valence-corrected chi connectivity index (χ2v) is 7.23. The highest BCUT2D eigenvalue weighted by Gasteiger charge is 2.34. The molecule has 0 bridgehead atoms. The molecule has 1 aliphatic rings. The highest BCUT2D eigenvalue weighted by atomic mass is 32.2. The number of rotatable bonds is 7. The molecule has 9 heteroatoms. The van der Waals surface area contributed by atoms with Crippen molar-refractivity contribution in [1.29, 1.82) is 0 Å². The third-order valence-corrected chi connectivity index (χ3v) is 5.00. The van der Waals surface area contributed by atoms with Crippen LogP contribution in [0.25, 0.3) is 6.08 Å². The van der Waals surface area contributed by atoms with E-state index in [1.807, 2.05) is 30.3 Å². The number of hydrogen-bond donors (Lipinski definition) is 1. The van der Waals surface area contributed by atoms with Gasteiger partial charge in [0.2, 0.25) is 5.91 Å². The van der Waals surface area contributed by atoms with Crippen molar-refractivity contribution >= 4 is 40.8 Å². The molecule has 3 rings (SSSR count). The molecule has 1 fully saturated rings. The van der Waals surface area contributed by atoms with Gasteiger partial charge in [-0.15, -0.1) is 0 Å². The summed E-state index contributed by atoms with van der Waals surface area (Å²) in [6.45, 7) is -0.0218. The third kappa shape index (κ3) is 5.14. The largest absolute Gasteiger partial charge is 0.459 e. The Morgan fingerprint density at radius 1 is 1.17 bits per heavy atom. The fourth-order valence-electron chi connectivity index (χ4n) is 2.63. The van der Waals surface area contributed by atoms with Crippen molar-refractivity contribution < 1.29 is 23.6 Å². The van der Waals surface area contributed by atoms with Crippen LogP contribution in [0.3, 0.4) is 0 Å². The number of benzene rings is 1. The van der Waals surface area contributed by atoms with Crippen LogP contribution in [-0.2, 0) is 9.59 Å². The molecule has 2 aromatic rings. The summed E-state index contributed by atoms with van der Waals surface area (Å²) in [5.74, 6) is -1.06. The number of furan rings is 1. The summed E-state index contributed by atoms with van der Waals surface area (Å²) in [6.07, 6.45) is 3.04. The maximum absolute atomic E-state index is 12.4. The van der Waals surface area contributed by atoms with E-state index in [-0.39, 0.29) is 36.5 Å². The predicted octanol–water partition coefficient (Wildman–Crippen LogP) is 2.20. The Morgan fingerprint density at radius 2 is 1.93 bits per heavy atom. The summed E-state index contributed by atoms with van der Waals surface area (Å²) < 4.78 is 5.01. The number of carbonyl (C=O) groups excluding carboxylic acids is 4. The van der Waals surface area contributed by atoms with Crippen LogP contribution in [0.4, 0.5) is 4.79 Å². The van der Waals surface area contributed by atoms with Crippen molar-refractivity contribution in [3.63, 3.8) is 0 Å². The number of amides is 4. The van der Waals surface area contributed by atoms with Gasteiger partial charge >= 0.3 is 0 Å². The fourth-order valence-corrected chi connectivity index (χ4v) is 3.50. The van der Waals surface area contributed by atoms with E-state index in [1.54, 1.807) is 12.1 Å². The SMILES string of the molecule is CN(CC(=O)NCCN1C(=O)S/C(=C/c2ccccc2)C1=O)C(=O)c1ccco1. The van der Waals surface area contributed by atoms with Crippen LogP contribution in [0.2, 0.25) is 0 Å². The zero-order chi connectivity index (χ0) is 20.8. The van der Waals surface area contributed by atoms with Crippen LogP contribution in [-0.4, -0.2) is 59.4 Å². The van der Waals surface area contributed by atoms with Gasteiger partial charge in [-0.3, -0.25) is 24.1 Å². The molecule has 0 aliphatic carbocycles. The van der Waals surface area contributed by atoms with Crippen molar-refractivity contribution in [2.75, 3.05) is 26.7 Å². The van der Waals surface area contributed by atoms with Gasteiger partial charge in [0.25, 0.3) is 17.1 Å². The Bertz CT molecular complexity index is 940. The third-order valence-electron chi connectivity index (χ3n) is 4.09. The second-order valence-electron chi connectivity index (χ2n) is 6.23. The summed E-state index contributed by atoms with van der Waals surface area (Å²) in [6, 6.07) is 12.3. The molecule has 0 unspecified atom stereocenters. The topological polar surface area (TPSA) is 99.9 Å². The van der Waals surface area contributed by atoms with Crippen LogP contribution >= 0.6 is 11.8 Å². The molecule has 1 aliphatic heterocycles. The second kappa shape index (κ2) is 9.24. The first-order valence-electron chi connectivity index (χ1n) is 8.82. The summed E-state index contributed by atoms with van der Waals surface area (Å²) in [7, 11) is 1.48. The van der Waals surface area contributed by atoms with Gasteiger partial charge in [0.15, 0.2) is 5.76 Å². The summed E-state index contributed by atoms with van der Waals surface area (Å²) >= 11 is 0.871. The van der Waals surface area contributed by atoms with Crippen molar-refractivity contribution in [2.24, 2.45) is 0 Å². The number of nitrogens with zero attached hydrogens (tertiary/aromatic N) is 2. The van der Waals surface area contributed by atoms with Gasteiger partial charge in [-0.2, -0.15) is 0 Å². The van der Waals surface area contributed by atoms with Crippen LogP contribution < -0.4 is 5.32 Å². The standard InChI is InChI=1S/C20H19N3O5S/c1-22(18(25)15-8-5-11-28-15)13-17(24)21-9-10-23-19(26)16(29-20(23)27)12-14-6-3-2-4-7-14/h2-8,11-12H,9-10,13H2,1H3,(H,21,24)/b16-12+. The minimum Gasteiger partial charge on any atom is -0.459 e. The van der Waals surface area contributed by atoms with Crippen molar-refractivity contribution in [1.82, 2.24) is 15.1 Å². The van der Waals surface area contributed by atoms with Crippen LogP contribution in [0, 0.1) is 0 Å². The molecule has 1 aromatic heterocycles. The molecule has 1 aromatic carbocycles. The molecule has 0 spiro atoms. The lowest BCUT2D eigenvalue weighted by molar-refractivity contribution is -0.124. The maximum atomic E-state index is 12.4. The molecule has 1 N–H and O–H groups in total. The monoisotopic (exact) mass is 413 g/mol. The van der Waals surface area contributed by atoms with Crippen LogP contribution in [0.1, 0.15) is 16.1 Å². The first kappa shape index (κ1) is 20.4. The Labute approximate surface area is 171 Å². The molecule has 150 valence electrons. The number of imide groups is 1. The summed E-state index contributed by atoms with van der Waals surface area (Å²) in [5.41, 5.74) is 0.829. The predicted molar refractivity (Wildman–Crippen MR) is 108 cm³/mol. The minimum atomic E-state index is -0.415. The van der Waals surface area contributed by atoms with E-state index in [2.05, 4.69) is 5.32 Å².